The molecule has 1 atom stereocenters. The smallest absolute Gasteiger partial charge is 0.423 e. The monoisotopic (exact) mass is 631 g/mol. The average molecular weight is 632 g/mol. The van der Waals surface area contributed by atoms with Crippen molar-refractivity contribution in [2.45, 2.75) is 78.0 Å². The Bertz CT molecular complexity index is 1410. The van der Waals surface area contributed by atoms with Gasteiger partial charge in [0.15, 0.2) is 0 Å². The summed E-state index contributed by atoms with van der Waals surface area (Å²) in [5.74, 6) is -3.07. The van der Waals surface area contributed by atoms with Crippen LogP contribution in [0.1, 0.15) is 64.5 Å². The zero-order valence-electron chi connectivity index (χ0n) is 25.4. The van der Waals surface area contributed by atoms with Crippen LogP contribution in [-0.4, -0.2) is 60.5 Å². The minimum atomic E-state index is -3.72. The Labute approximate surface area is 258 Å². The van der Waals surface area contributed by atoms with Crippen molar-refractivity contribution < 1.29 is 37.1 Å². The summed E-state index contributed by atoms with van der Waals surface area (Å²) in [5, 5.41) is 10.2. The Balaban J connectivity index is 1.97. The molecule has 0 saturated heterocycles. The molecule has 0 aliphatic rings. The highest BCUT2D eigenvalue weighted by Gasteiger charge is 2.29. The topological polar surface area (TPSA) is 198 Å². The number of ether oxygens (including phenoxy) is 2. The van der Waals surface area contributed by atoms with E-state index in [2.05, 4.69) is 10.0 Å². The molecule has 2 rings (SSSR count). The van der Waals surface area contributed by atoms with Crippen molar-refractivity contribution >= 4 is 45.5 Å². The molecule has 2 aromatic rings. The fourth-order valence-electron chi connectivity index (χ4n) is 3.79. The quantitative estimate of drug-likeness (QED) is 0.137. The van der Waals surface area contributed by atoms with Gasteiger partial charge in [0.25, 0.3) is 0 Å². The number of sulfonamides is 1. The van der Waals surface area contributed by atoms with Crippen molar-refractivity contribution in [1.82, 2.24) is 9.62 Å². The van der Waals surface area contributed by atoms with Gasteiger partial charge in [0.2, 0.25) is 27.8 Å². The minimum Gasteiger partial charge on any atom is -0.459 e. The maximum atomic E-state index is 12.8. The number of nitrogens with zero attached hydrogens (tertiary/aromatic N) is 1. The Kier molecular flexibility index (Phi) is 13.5. The molecular weight excluding hydrogens is 590 g/mol. The van der Waals surface area contributed by atoms with E-state index in [1.54, 1.807) is 75.4 Å². The van der Waals surface area contributed by atoms with Crippen molar-refractivity contribution in [2.24, 2.45) is 5.73 Å². The normalized spacial score (nSPS) is 12.1. The van der Waals surface area contributed by atoms with Gasteiger partial charge in [0, 0.05) is 18.5 Å². The summed E-state index contributed by atoms with van der Waals surface area (Å²) in [7, 11) is -3.72. The van der Waals surface area contributed by atoms with Crippen LogP contribution in [0.4, 0.5) is 10.5 Å². The molecule has 0 aromatic heterocycles. The summed E-state index contributed by atoms with van der Waals surface area (Å²) >= 11 is 0. The lowest BCUT2D eigenvalue weighted by Crippen LogP contribution is -2.46. The first-order valence-corrected chi connectivity index (χ1v) is 15.7. The third-order valence-corrected chi connectivity index (χ3v) is 7.37. The summed E-state index contributed by atoms with van der Waals surface area (Å²) < 4.78 is 38.0. The van der Waals surface area contributed by atoms with E-state index in [4.69, 9.17) is 20.6 Å². The molecule has 0 unspecified atom stereocenters. The molecule has 240 valence electrons. The third-order valence-electron chi connectivity index (χ3n) is 5.90. The second kappa shape index (κ2) is 16.5. The van der Waals surface area contributed by atoms with Crippen LogP contribution >= 0.6 is 0 Å². The number of carbonyl (C=O) groups excluding carboxylic acids is 4. The number of carbonyl (C=O) groups is 4. The number of unbranched alkanes of at least 4 members (excludes halogenated alkanes) is 1. The van der Waals surface area contributed by atoms with Crippen LogP contribution in [0.2, 0.25) is 0 Å². The number of nitrogens with two attached hydrogens (primary N) is 1. The lowest BCUT2D eigenvalue weighted by molar-refractivity contribution is -0.156. The van der Waals surface area contributed by atoms with Gasteiger partial charge in [-0.3, -0.25) is 19.8 Å². The van der Waals surface area contributed by atoms with E-state index in [1.165, 1.54) is 0 Å². The number of amides is 3. The predicted octanol–water partition coefficient (Wildman–Crippen LogP) is 3.44. The van der Waals surface area contributed by atoms with Crippen LogP contribution in [0.25, 0.3) is 0 Å². The van der Waals surface area contributed by atoms with E-state index in [-0.39, 0.29) is 25.2 Å². The summed E-state index contributed by atoms with van der Waals surface area (Å²) in [4.78, 5) is 50.6. The molecule has 0 radical (unpaired) electrons. The summed E-state index contributed by atoms with van der Waals surface area (Å²) in [5.41, 5.74) is 6.26. The van der Waals surface area contributed by atoms with Crippen LogP contribution in [0.15, 0.2) is 54.6 Å². The molecule has 0 bridgehead atoms. The number of hydrogen-bond donors (Lipinski definition) is 4. The maximum absolute atomic E-state index is 12.8. The summed E-state index contributed by atoms with van der Waals surface area (Å²) in [6.45, 7) is 6.80. The molecule has 2 aromatic carbocycles. The van der Waals surface area contributed by atoms with Gasteiger partial charge >= 0.3 is 12.1 Å². The molecule has 0 heterocycles. The van der Waals surface area contributed by atoms with Crippen LogP contribution in [0.3, 0.4) is 0 Å². The van der Waals surface area contributed by atoms with Gasteiger partial charge in [-0.25, -0.2) is 17.9 Å². The molecule has 0 spiro atoms. The number of benzene rings is 2. The van der Waals surface area contributed by atoms with E-state index in [0.717, 1.165) is 0 Å². The van der Waals surface area contributed by atoms with Crippen LogP contribution in [0.5, 0.6) is 0 Å². The fraction of sp³-hybridized carbons (Fsp3) is 0.433. The number of anilines is 1. The molecule has 3 amide bonds. The Morgan fingerprint density at radius 1 is 0.977 bits per heavy atom. The fourth-order valence-corrected chi connectivity index (χ4v) is 5.19. The number of hydrogen-bond acceptors (Lipinski definition) is 9. The Morgan fingerprint density at radius 3 is 2.18 bits per heavy atom. The number of guanidine groups is 1. The van der Waals surface area contributed by atoms with Crippen molar-refractivity contribution in [1.29, 1.82) is 5.41 Å². The van der Waals surface area contributed by atoms with Gasteiger partial charge in [-0.05, 0) is 56.9 Å². The second-order valence-electron chi connectivity index (χ2n) is 11.0. The van der Waals surface area contributed by atoms with Gasteiger partial charge in [-0.2, -0.15) is 4.90 Å². The van der Waals surface area contributed by atoms with Gasteiger partial charge in [0.1, 0.15) is 18.2 Å². The number of imide groups is 1. The van der Waals surface area contributed by atoms with Crippen molar-refractivity contribution in [3.8, 4) is 0 Å². The molecule has 0 saturated carbocycles. The first-order chi connectivity index (χ1) is 20.6. The van der Waals surface area contributed by atoms with E-state index in [0.29, 0.717) is 34.6 Å². The van der Waals surface area contributed by atoms with E-state index < -0.39 is 57.9 Å². The van der Waals surface area contributed by atoms with Crippen LogP contribution in [0, 0.1) is 5.41 Å². The number of nitrogens with one attached hydrogen (secondary N) is 3. The average Bonchev–Trinajstić information content (AvgIpc) is 2.94. The summed E-state index contributed by atoms with van der Waals surface area (Å²) in [6, 6.07) is 14.0. The Hall–Kier alpha value is -4.30. The largest absolute Gasteiger partial charge is 0.459 e. The second-order valence-corrected chi connectivity index (χ2v) is 12.9. The van der Waals surface area contributed by atoms with Gasteiger partial charge in [0.05, 0.1) is 5.75 Å². The van der Waals surface area contributed by atoms with E-state index >= 15 is 0 Å². The molecule has 0 aliphatic heterocycles. The first-order valence-electron chi connectivity index (χ1n) is 14.1. The number of esters is 1. The van der Waals surface area contributed by atoms with Crippen LogP contribution in [-0.2, 0) is 46.9 Å². The standard InChI is InChI=1S/C30H41N5O8S/c1-5-6-18-44(40,41)34-24(27(38)43-30(2,3)4)19-21-12-14-23(15-13-21)33-25(36)16-17-26(37)35(28(31)32)29(39)42-20-22-10-8-7-9-11-22/h7-15,24,34H,5-6,16-20H2,1-4H3,(H3,31,32)(H,33,36)/t24-/m0/s1. The zero-order chi connectivity index (χ0) is 32.9. The molecule has 5 N–H and O–H groups in total. The predicted molar refractivity (Wildman–Crippen MR) is 165 cm³/mol. The van der Waals surface area contributed by atoms with Gasteiger partial charge in [-0.1, -0.05) is 55.8 Å². The summed E-state index contributed by atoms with van der Waals surface area (Å²) in [6.07, 6.45) is -0.711. The highest BCUT2D eigenvalue weighted by atomic mass is 32.2. The zero-order valence-corrected chi connectivity index (χ0v) is 26.2. The lowest BCUT2D eigenvalue weighted by Gasteiger charge is -2.24. The number of rotatable bonds is 14. The first kappa shape index (κ1) is 35.9. The van der Waals surface area contributed by atoms with Crippen molar-refractivity contribution in [2.75, 3.05) is 11.1 Å². The SMILES string of the molecule is CCCCS(=O)(=O)N[C@@H](Cc1ccc(NC(=O)CCC(=O)N(C(=N)N)C(=O)OCc2ccccc2)cc1)C(=O)OC(C)(C)C. The van der Waals surface area contributed by atoms with Gasteiger partial charge < -0.3 is 20.5 Å². The van der Waals surface area contributed by atoms with E-state index in [1.807, 2.05) is 6.92 Å². The minimum absolute atomic E-state index is 0.0181. The molecular formula is C30H41N5O8S. The van der Waals surface area contributed by atoms with Crippen LogP contribution < -0.4 is 15.8 Å². The Morgan fingerprint density at radius 2 is 1.61 bits per heavy atom. The van der Waals surface area contributed by atoms with Crippen molar-refractivity contribution in [3.05, 3.63) is 65.7 Å². The maximum Gasteiger partial charge on any atom is 0.423 e. The molecule has 14 heteroatoms. The van der Waals surface area contributed by atoms with Gasteiger partial charge in [-0.15, -0.1) is 0 Å². The molecule has 13 nitrogen and oxygen atoms in total. The highest BCUT2D eigenvalue weighted by Crippen LogP contribution is 2.16. The third kappa shape index (κ3) is 12.9. The molecule has 0 fully saturated rings. The highest BCUT2D eigenvalue weighted by molar-refractivity contribution is 7.89. The molecule has 0 aliphatic carbocycles. The lowest BCUT2D eigenvalue weighted by atomic mass is 10.1. The molecule has 44 heavy (non-hydrogen) atoms. The van der Waals surface area contributed by atoms with Crippen molar-refractivity contribution in [3.63, 3.8) is 0 Å². The van der Waals surface area contributed by atoms with E-state index in [9.17, 15) is 27.6 Å².